The molecule has 5 nitrogen and oxygen atoms in total. The lowest BCUT2D eigenvalue weighted by molar-refractivity contribution is 0.409. The van der Waals surface area contributed by atoms with Crippen LogP contribution in [0.25, 0.3) is 11.0 Å². The molecule has 2 aromatic rings. The number of nitrogens with zero attached hydrogens (tertiary/aromatic N) is 2. The average Bonchev–Trinajstić information content (AvgIpc) is 2.91. The molecule has 0 fully saturated rings. The molecule has 6 heteroatoms. The lowest BCUT2D eigenvalue weighted by atomic mass is 10.1. The Morgan fingerprint density at radius 1 is 1.24 bits per heavy atom. The fourth-order valence-electron chi connectivity index (χ4n) is 2.49. The Labute approximate surface area is 168 Å². The van der Waals surface area contributed by atoms with E-state index in [0.29, 0.717) is 6.54 Å². The first-order valence-corrected chi connectivity index (χ1v) is 8.61. The number of fused-ring (bicyclic) bond motifs is 1. The van der Waals surface area contributed by atoms with Crippen LogP contribution in [-0.2, 0) is 6.54 Å². The van der Waals surface area contributed by atoms with Crippen molar-refractivity contribution in [3.05, 3.63) is 36.1 Å². The second-order valence-electron chi connectivity index (χ2n) is 7.02. The minimum atomic E-state index is 0. The highest BCUT2D eigenvalue weighted by atomic mass is 127. The summed E-state index contributed by atoms with van der Waals surface area (Å²) >= 11 is 0. The summed E-state index contributed by atoms with van der Waals surface area (Å²) < 4.78 is 5.90. The Kier molecular flexibility index (Phi) is 8.71. The van der Waals surface area contributed by atoms with Gasteiger partial charge < -0.3 is 20.0 Å². The van der Waals surface area contributed by atoms with Gasteiger partial charge in [-0.3, -0.25) is 4.99 Å². The number of halogens is 1. The molecule has 140 valence electrons. The maximum atomic E-state index is 5.90. The van der Waals surface area contributed by atoms with Gasteiger partial charge in [-0.25, -0.2) is 0 Å². The molecule has 0 amide bonds. The molecule has 1 heterocycles. The Bertz CT molecular complexity index is 642. The van der Waals surface area contributed by atoms with Gasteiger partial charge in [-0.2, -0.15) is 0 Å². The molecule has 25 heavy (non-hydrogen) atoms. The zero-order valence-corrected chi connectivity index (χ0v) is 18.3. The molecule has 2 rings (SSSR count). The maximum absolute atomic E-state index is 5.90. The number of guanidine groups is 1. The summed E-state index contributed by atoms with van der Waals surface area (Å²) in [5.74, 6) is 1.84. The summed E-state index contributed by atoms with van der Waals surface area (Å²) in [6, 6.07) is 10.2. The molecule has 0 aliphatic carbocycles. The number of rotatable bonds is 6. The fraction of sp³-hybridized carbons (Fsp3) is 0.526. The van der Waals surface area contributed by atoms with Crippen LogP contribution in [0, 0.1) is 0 Å². The lowest BCUT2D eigenvalue weighted by Crippen LogP contribution is -2.40. The van der Waals surface area contributed by atoms with Crippen LogP contribution in [0.4, 0.5) is 0 Å². The standard InChI is InChI=1S/C19H30N4O.HI/c1-6-20-18(21-11-12-22-19(2,3)4)23(5)14-16-13-15-9-7-8-10-17(15)24-16;/h7-10,13,22H,6,11-12,14H2,1-5H3,(H,20,21);1H. The Hall–Kier alpha value is -1.28. The van der Waals surface area contributed by atoms with Crippen LogP contribution in [0.5, 0.6) is 0 Å². The van der Waals surface area contributed by atoms with Gasteiger partial charge in [0.1, 0.15) is 11.3 Å². The van der Waals surface area contributed by atoms with Gasteiger partial charge in [-0.1, -0.05) is 18.2 Å². The first kappa shape index (κ1) is 21.8. The predicted molar refractivity (Wildman–Crippen MR) is 117 cm³/mol. The summed E-state index contributed by atoms with van der Waals surface area (Å²) in [7, 11) is 2.03. The van der Waals surface area contributed by atoms with Crippen LogP contribution in [0.1, 0.15) is 33.5 Å². The maximum Gasteiger partial charge on any atom is 0.194 e. The minimum absolute atomic E-state index is 0. The molecule has 0 aliphatic rings. The number of hydrogen-bond donors (Lipinski definition) is 2. The van der Waals surface area contributed by atoms with Gasteiger partial charge in [0.25, 0.3) is 0 Å². The lowest BCUT2D eigenvalue weighted by Gasteiger charge is -2.22. The van der Waals surface area contributed by atoms with E-state index in [1.807, 2.05) is 25.2 Å². The number of hydrogen-bond acceptors (Lipinski definition) is 3. The van der Waals surface area contributed by atoms with Crippen molar-refractivity contribution < 1.29 is 4.42 Å². The van der Waals surface area contributed by atoms with Gasteiger partial charge in [-0.05, 0) is 39.8 Å². The normalized spacial score (nSPS) is 12.1. The van der Waals surface area contributed by atoms with E-state index in [2.05, 4.69) is 55.4 Å². The second kappa shape index (κ2) is 10.0. The monoisotopic (exact) mass is 458 g/mol. The van der Waals surface area contributed by atoms with Crippen molar-refractivity contribution in [2.24, 2.45) is 4.99 Å². The molecular formula is C19H31IN4O. The number of furan rings is 1. The number of nitrogens with one attached hydrogen (secondary N) is 2. The first-order valence-electron chi connectivity index (χ1n) is 8.61. The van der Waals surface area contributed by atoms with Crippen molar-refractivity contribution in [2.75, 3.05) is 26.7 Å². The topological polar surface area (TPSA) is 52.8 Å². The molecule has 0 unspecified atom stereocenters. The zero-order chi connectivity index (χ0) is 17.6. The summed E-state index contributed by atoms with van der Waals surface area (Å²) in [4.78, 5) is 6.79. The van der Waals surface area contributed by atoms with Crippen molar-refractivity contribution in [1.29, 1.82) is 0 Å². The quantitative estimate of drug-likeness (QED) is 0.299. The van der Waals surface area contributed by atoms with Crippen molar-refractivity contribution in [2.45, 2.75) is 39.8 Å². The van der Waals surface area contributed by atoms with Gasteiger partial charge in [0.2, 0.25) is 0 Å². The van der Waals surface area contributed by atoms with Gasteiger partial charge in [0, 0.05) is 31.1 Å². The SMILES string of the molecule is CCNC(=NCCNC(C)(C)C)N(C)Cc1cc2ccccc2o1.I. The van der Waals surface area contributed by atoms with E-state index in [-0.39, 0.29) is 29.5 Å². The molecule has 1 aromatic heterocycles. The molecule has 0 atom stereocenters. The number of benzene rings is 1. The van der Waals surface area contributed by atoms with Gasteiger partial charge in [0.15, 0.2) is 5.96 Å². The predicted octanol–water partition coefficient (Wildman–Crippen LogP) is 3.84. The van der Waals surface area contributed by atoms with Crippen LogP contribution < -0.4 is 10.6 Å². The summed E-state index contributed by atoms with van der Waals surface area (Å²) in [5, 5.41) is 7.93. The van der Waals surface area contributed by atoms with E-state index in [9.17, 15) is 0 Å². The van der Waals surface area contributed by atoms with Crippen molar-refractivity contribution in [1.82, 2.24) is 15.5 Å². The number of para-hydroxylation sites is 1. The smallest absolute Gasteiger partial charge is 0.194 e. The number of aliphatic imine (C=N–C) groups is 1. The van der Waals surface area contributed by atoms with Crippen molar-refractivity contribution >= 4 is 40.9 Å². The molecule has 0 radical (unpaired) electrons. The Balaban J connectivity index is 0.00000312. The molecule has 0 bridgehead atoms. The highest BCUT2D eigenvalue weighted by Crippen LogP contribution is 2.19. The van der Waals surface area contributed by atoms with Gasteiger partial charge >= 0.3 is 0 Å². The molecule has 0 saturated heterocycles. The van der Waals surface area contributed by atoms with Gasteiger partial charge in [0.05, 0.1) is 13.1 Å². The van der Waals surface area contributed by atoms with E-state index < -0.39 is 0 Å². The Morgan fingerprint density at radius 2 is 1.96 bits per heavy atom. The third-order valence-electron chi connectivity index (χ3n) is 3.59. The molecule has 0 spiro atoms. The summed E-state index contributed by atoms with van der Waals surface area (Å²) in [5.41, 5.74) is 1.05. The van der Waals surface area contributed by atoms with Crippen molar-refractivity contribution in [3.63, 3.8) is 0 Å². The molecular weight excluding hydrogens is 427 g/mol. The van der Waals surface area contributed by atoms with Crippen LogP contribution >= 0.6 is 24.0 Å². The molecule has 1 aromatic carbocycles. The van der Waals surface area contributed by atoms with E-state index >= 15 is 0 Å². The average molecular weight is 458 g/mol. The molecule has 0 aliphatic heterocycles. The highest BCUT2D eigenvalue weighted by Gasteiger charge is 2.11. The molecule has 2 N–H and O–H groups in total. The third-order valence-corrected chi connectivity index (χ3v) is 3.59. The van der Waals surface area contributed by atoms with Crippen LogP contribution in [0.2, 0.25) is 0 Å². The van der Waals surface area contributed by atoms with E-state index in [1.165, 1.54) is 0 Å². The van der Waals surface area contributed by atoms with Crippen molar-refractivity contribution in [3.8, 4) is 0 Å². The fourth-order valence-corrected chi connectivity index (χ4v) is 2.49. The van der Waals surface area contributed by atoms with E-state index in [4.69, 9.17) is 9.41 Å². The summed E-state index contributed by atoms with van der Waals surface area (Å²) in [6.45, 7) is 11.7. The van der Waals surface area contributed by atoms with Crippen LogP contribution in [0.15, 0.2) is 39.7 Å². The van der Waals surface area contributed by atoms with Crippen LogP contribution in [-0.4, -0.2) is 43.1 Å². The van der Waals surface area contributed by atoms with E-state index in [0.717, 1.165) is 42.3 Å². The highest BCUT2D eigenvalue weighted by molar-refractivity contribution is 14.0. The molecule has 0 saturated carbocycles. The van der Waals surface area contributed by atoms with Gasteiger partial charge in [-0.15, -0.1) is 24.0 Å². The Morgan fingerprint density at radius 3 is 2.60 bits per heavy atom. The second-order valence-corrected chi connectivity index (χ2v) is 7.02. The van der Waals surface area contributed by atoms with E-state index in [1.54, 1.807) is 0 Å². The first-order chi connectivity index (χ1) is 11.4. The van der Waals surface area contributed by atoms with Crippen LogP contribution in [0.3, 0.4) is 0 Å². The minimum Gasteiger partial charge on any atom is -0.459 e. The zero-order valence-electron chi connectivity index (χ0n) is 15.9. The largest absolute Gasteiger partial charge is 0.459 e. The third kappa shape index (κ3) is 7.23. The summed E-state index contributed by atoms with van der Waals surface area (Å²) in [6.07, 6.45) is 0.